The van der Waals surface area contributed by atoms with Crippen molar-refractivity contribution in [2.45, 2.75) is 19.4 Å². The van der Waals surface area contributed by atoms with Crippen LogP contribution >= 0.6 is 0 Å². The maximum absolute atomic E-state index is 13.0. The predicted molar refractivity (Wildman–Crippen MR) is 104 cm³/mol. The van der Waals surface area contributed by atoms with Crippen molar-refractivity contribution in [1.82, 2.24) is 4.90 Å². The summed E-state index contributed by atoms with van der Waals surface area (Å²) < 4.78 is 39.3. The zero-order valence-electron chi connectivity index (χ0n) is 16.2. The second-order valence-electron chi connectivity index (χ2n) is 6.49. The van der Waals surface area contributed by atoms with Gasteiger partial charge in [-0.3, -0.25) is 4.79 Å². The van der Waals surface area contributed by atoms with E-state index >= 15 is 0 Å². The lowest BCUT2D eigenvalue weighted by Gasteiger charge is -2.28. The minimum absolute atomic E-state index is 0.00604. The lowest BCUT2D eigenvalue weighted by Crippen LogP contribution is -2.43. The molecule has 8 heteroatoms. The van der Waals surface area contributed by atoms with Crippen molar-refractivity contribution in [2.24, 2.45) is 0 Å². The second kappa shape index (κ2) is 9.23. The van der Waals surface area contributed by atoms with E-state index in [-0.39, 0.29) is 23.5 Å². The first kappa shape index (κ1) is 21.2. The monoisotopic (exact) mass is 397 g/mol. The molecule has 1 aliphatic rings. The van der Waals surface area contributed by atoms with Gasteiger partial charge in [0, 0.05) is 25.3 Å². The van der Waals surface area contributed by atoms with Gasteiger partial charge < -0.3 is 19.1 Å². The number of hydrogen-bond acceptors (Lipinski definition) is 6. The van der Waals surface area contributed by atoms with Crippen LogP contribution in [0.4, 0.5) is 0 Å². The number of nitrogens with zero attached hydrogens (tertiary/aromatic N) is 1. The number of carbonyl (C=O) groups is 1. The van der Waals surface area contributed by atoms with Crippen LogP contribution in [0.1, 0.15) is 18.9 Å². The summed E-state index contributed by atoms with van der Waals surface area (Å²) in [6.45, 7) is 2.43. The van der Waals surface area contributed by atoms with E-state index in [4.69, 9.17) is 14.2 Å². The van der Waals surface area contributed by atoms with Crippen molar-refractivity contribution < 1.29 is 27.4 Å². The van der Waals surface area contributed by atoms with Gasteiger partial charge in [-0.05, 0) is 37.1 Å². The van der Waals surface area contributed by atoms with Crippen molar-refractivity contribution in [3.8, 4) is 11.5 Å². The molecule has 0 aliphatic carbocycles. The fourth-order valence-corrected chi connectivity index (χ4v) is 4.87. The molecule has 0 spiro atoms. The Labute approximate surface area is 160 Å². The first-order chi connectivity index (χ1) is 12.8. The summed E-state index contributed by atoms with van der Waals surface area (Å²) in [6, 6.07) is 5.08. The largest absolute Gasteiger partial charge is 0.493 e. The number of rotatable bonds is 8. The Morgan fingerprint density at radius 1 is 1.22 bits per heavy atom. The molecule has 0 saturated carbocycles. The van der Waals surface area contributed by atoms with Gasteiger partial charge in [0.1, 0.15) is 0 Å². The average Bonchev–Trinajstić information content (AvgIpc) is 3.01. The topological polar surface area (TPSA) is 82.1 Å². The first-order valence-corrected chi connectivity index (χ1v) is 10.5. The molecular formula is C19H27NO6S. The molecule has 1 aromatic carbocycles. The number of ether oxygens (including phenoxy) is 3. The lowest BCUT2D eigenvalue weighted by molar-refractivity contribution is -0.129. The van der Waals surface area contributed by atoms with Crippen LogP contribution in [-0.2, 0) is 19.4 Å². The molecule has 1 aliphatic heterocycles. The Kier molecular flexibility index (Phi) is 7.26. The number of hydrogen-bond donors (Lipinski definition) is 0. The molecule has 1 aromatic rings. The van der Waals surface area contributed by atoms with Crippen LogP contribution in [0.2, 0.25) is 0 Å². The standard InChI is InChI=1S/C19H27NO6S/c1-14(11-15-5-6-17(25-3)18(12-15)26-4)19(21)20(8-9-24-2)16-7-10-27(22,23)13-16/h5-6,11-12,16H,7-10,13H2,1-4H3/b14-11+. The SMILES string of the molecule is COCCN(C(=O)/C(C)=C/c1ccc(OC)c(OC)c1)C1CCS(=O)(=O)C1. The molecule has 150 valence electrons. The smallest absolute Gasteiger partial charge is 0.249 e. The fraction of sp³-hybridized carbons (Fsp3) is 0.526. The summed E-state index contributed by atoms with van der Waals surface area (Å²) in [7, 11) is 1.58. The molecule has 7 nitrogen and oxygen atoms in total. The summed E-state index contributed by atoms with van der Waals surface area (Å²) in [5.74, 6) is 1.11. The van der Waals surface area contributed by atoms with E-state index in [0.29, 0.717) is 36.6 Å². The molecule has 0 bridgehead atoms. The Hall–Kier alpha value is -2.06. The van der Waals surface area contributed by atoms with Crippen LogP contribution in [0, 0.1) is 0 Å². The molecule has 0 aromatic heterocycles. The number of amides is 1. The fourth-order valence-electron chi connectivity index (χ4n) is 3.14. The van der Waals surface area contributed by atoms with Gasteiger partial charge in [0.05, 0.1) is 32.3 Å². The molecule has 27 heavy (non-hydrogen) atoms. The van der Waals surface area contributed by atoms with Gasteiger partial charge >= 0.3 is 0 Å². The predicted octanol–water partition coefficient (Wildman–Crippen LogP) is 1.77. The summed E-state index contributed by atoms with van der Waals surface area (Å²) >= 11 is 0. The third kappa shape index (κ3) is 5.46. The third-order valence-electron chi connectivity index (χ3n) is 4.57. The molecule has 1 unspecified atom stereocenters. The zero-order valence-corrected chi connectivity index (χ0v) is 17.0. The Balaban J connectivity index is 2.24. The van der Waals surface area contributed by atoms with Crippen LogP contribution in [0.15, 0.2) is 23.8 Å². The average molecular weight is 397 g/mol. The molecule has 0 radical (unpaired) electrons. The van der Waals surface area contributed by atoms with Crippen LogP contribution in [-0.4, -0.2) is 71.3 Å². The summed E-state index contributed by atoms with van der Waals surface area (Å²) in [5, 5.41) is 0. The highest BCUT2D eigenvalue weighted by atomic mass is 32.2. The van der Waals surface area contributed by atoms with Gasteiger partial charge in [-0.2, -0.15) is 0 Å². The van der Waals surface area contributed by atoms with Crippen molar-refractivity contribution in [3.05, 3.63) is 29.3 Å². The van der Waals surface area contributed by atoms with Crippen molar-refractivity contribution in [1.29, 1.82) is 0 Å². The molecular weight excluding hydrogens is 370 g/mol. The van der Waals surface area contributed by atoms with Crippen molar-refractivity contribution >= 4 is 21.8 Å². The van der Waals surface area contributed by atoms with E-state index in [1.807, 2.05) is 6.07 Å². The van der Waals surface area contributed by atoms with Crippen LogP contribution in [0.5, 0.6) is 11.5 Å². The van der Waals surface area contributed by atoms with Gasteiger partial charge in [0.25, 0.3) is 0 Å². The molecule has 1 atom stereocenters. The van der Waals surface area contributed by atoms with Gasteiger partial charge in [-0.15, -0.1) is 0 Å². The number of sulfone groups is 1. The maximum Gasteiger partial charge on any atom is 0.249 e. The van der Waals surface area contributed by atoms with Gasteiger partial charge in [-0.25, -0.2) is 8.42 Å². The van der Waals surface area contributed by atoms with Gasteiger partial charge in [0.15, 0.2) is 21.3 Å². The molecule has 1 heterocycles. The number of methoxy groups -OCH3 is 3. The van der Waals surface area contributed by atoms with Crippen LogP contribution in [0.25, 0.3) is 6.08 Å². The third-order valence-corrected chi connectivity index (χ3v) is 6.32. The molecule has 2 rings (SSSR count). The summed E-state index contributed by atoms with van der Waals surface area (Å²) in [4.78, 5) is 14.6. The highest BCUT2D eigenvalue weighted by molar-refractivity contribution is 7.91. The Morgan fingerprint density at radius 2 is 1.93 bits per heavy atom. The van der Waals surface area contributed by atoms with E-state index in [1.165, 1.54) is 0 Å². The van der Waals surface area contributed by atoms with Gasteiger partial charge in [0.2, 0.25) is 5.91 Å². The molecule has 1 fully saturated rings. The van der Waals surface area contributed by atoms with E-state index in [1.54, 1.807) is 51.4 Å². The van der Waals surface area contributed by atoms with Crippen LogP contribution in [0.3, 0.4) is 0 Å². The highest BCUT2D eigenvalue weighted by Crippen LogP contribution is 2.28. The number of carbonyl (C=O) groups excluding carboxylic acids is 1. The normalized spacial score (nSPS) is 19.0. The minimum atomic E-state index is -3.08. The Morgan fingerprint density at radius 3 is 2.48 bits per heavy atom. The first-order valence-electron chi connectivity index (χ1n) is 8.72. The van der Waals surface area contributed by atoms with E-state index in [0.717, 1.165) is 5.56 Å². The molecule has 1 amide bonds. The quantitative estimate of drug-likeness (QED) is 0.622. The minimum Gasteiger partial charge on any atom is -0.493 e. The molecule has 1 saturated heterocycles. The highest BCUT2D eigenvalue weighted by Gasteiger charge is 2.34. The second-order valence-corrected chi connectivity index (χ2v) is 8.72. The summed E-state index contributed by atoms with van der Waals surface area (Å²) in [6.07, 6.45) is 2.22. The van der Waals surface area contributed by atoms with Crippen molar-refractivity contribution in [3.63, 3.8) is 0 Å². The van der Waals surface area contributed by atoms with Crippen molar-refractivity contribution in [2.75, 3.05) is 46.0 Å². The lowest BCUT2D eigenvalue weighted by atomic mass is 10.1. The Bertz CT molecular complexity index is 802. The zero-order chi connectivity index (χ0) is 20.0. The summed E-state index contributed by atoms with van der Waals surface area (Å²) in [5.41, 5.74) is 1.31. The van der Waals surface area contributed by atoms with Gasteiger partial charge in [-0.1, -0.05) is 6.07 Å². The molecule has 0 N–H and O–H groups in total. The van der Waals surface area contributed by atoms with E-state index in [2.05, 4.69) is 0 Å². The maximum atomic E-state index is 13.0. The van der Waals surface area contributed by atoms with Crippen LogP contribution < -0.4 is 9.47 Å². The van der Waals surface area contributed by atoms with E-state index in [9.17, 15) is 13.2 Å². The van der Waals surface area contributed by atoms with E-state index < -0.39 is 9.84 Å². The number of benzene rings is 1.